The second kappa shape index (κ2) is 14.0. The van der Waals surface area contributed by atoms with Gasteiger partial charge in [0, 0.05) is 38.9 Å². The predicted octanol–water partition coefficient (Wildman–Crippen LogP) is 12.5. The smallest absolute Gasteiger partial charge is 0.104 e. The summed E-state index contributed by atoms with van der Waals surface area (Å²) in [6.07, 6.45) is 26.6. The number of benzene rings is 5. The molecule has 1 aromatic heterocycles. The SMILES string of the molecule is C1=CCC(C2=C(C3C=C(c4ccc5c6ccccc6n(C6=CC=CC7c8cccc(-c9ccccc9)c8SC67)c5c4)NC(c4ccccc4)N3)C=CCC2)C=C1. The molecule has 0 bridgehead atoms. The fourth-order valence-electron chi connectivity index (χ4n) is 9.66. The fraction of sp³-hybridized carbons (Fsp3) is 0.154. The van der Waals surface area contributed by atoms with Gasteiger partial charge in [-0.3, -0.25) is 5.32 Å². The number of allylic oxidation sites excluding steroid dienone is 9. The van der Waals surface area contributed by atoms with Gasteiger partial charge in [0.2, 0.25) is 0 Å². The first-order chi connectivity index (χ1) is 27.8. The third kappa shape index (κ3) is 5.70. The van der Waals surface area contributed by atoms with Crippen molar-refractivity contribution in [3.8, 4) is 11.1 Å². The molecule has 0 fully saturated rings. The van der Waals surface area contributed by atoms with Gasteiger partial charge < -0.3 is 9.88 Å². The molecule has 5 unspecified atom stereocenters. The summed E-state index contributed by atoms with van der Waals surface area (Å²) < 4.78 is 2.57. The highest BCUT2D eigenvalue weighted by molar-refractivity contribution is 8.00. The Bertz CT molecular complexity index is 2720. The summed E-state index contributed by atoms with van der Waals surface area (Å²) in [6.45, 7) is 0. The van der Waals surface area contributed by atoms with Gasteiger partial charge in [0.15, 0.2) is 0 Å². The molecule has 272 valence electrons. The van der Waals surface area contributed by atoms with Crippen molar-refractivity contribution in [2.24, 2.45) is 5.92 Å². The zero-order valence-corrected chi connectivity index (χ0v) is 32.0. The maximum absolute atomic E-state index is 4.02. The number of hydrogen-bond acceptors (Lipinski definition) is 3. The molecule has 3 nitrogen and oxygen atoms in total. The lowest BCUT2D eigenvalue weighted by Crippen LogP contribution is -2.45. The van der Waals surface area contributed by atoms with Crippen LogP contribution in [0.3, 0.4) is 0 Å². The largest absolute Gasteiger partial charge is 0.366 e. The van der Waals surface area contributed by atoms with Crippen LogP contribution in [0.15, 0.2) is 198 Å². The predicted molar refractivity (Wildman–Crippen MR) is 236 cm³/mol. The van der Waals surface area contributed by atoms with Crippen molar-refractivity contribution in [1.82, 2.24) is 15.2 Å². The molecule has 5 atom stereocenters. The van der Waals surface area contributed by atoms with E-state index in [1.54, 1.807) is 5.57 Å². The Balaban J connectivity index is 1.04. The van der Waals surface area contributed by atoms with Gasteiger partial charge in [0.25, 0.3) is 0 Å². The lowest BCUT2D eigenvalue weighted by Gasteiger charge is -2.36. The minimum Gasteiger partial charge on any atom is -0.366 e. The molecule has 3 heterocycles. The quantitative estimate of drug-likeness (QED) is 0.178. The molecule has 0 amide bonds. The molecular weight excluding hydrogens is 699 g/mol. The van der Waals surface area contributed by atoms with Gasteiger partial charge in [0.1, 0.15) is 6.17 Å². The molecule has 11 rings (SSSR count). The minimum atomic E-state index is -0.0345. The molecule has 6 aromatic rings. The summed E-state index contributed by atoms with van der Waals surface area (Å²) in [5.74, 6) is 0.750. The number of nitrogens with one attached hydrogen (secondary N) is 2. The van der Waals surface area contributed by atoms with Gasteiger partial charge in [-0.05, 0) is 76.9 Å². The number of rotatable bonds is 6. The van der Waals surface area contributed by atoms with Crippen LogP contribution in [0.4, 0.5) is 0 Å². The first-order valence-electron chi connectivity index (χ1n) is 20.1. The van der Waals surface area contributed by atoms with Crippen LogP contribution in [0.1, 0.15) is 48.0 Å². The third-order valence-electron chi connectivity index (χ3n) is 12.3. The summed E-state index contributed by atoms with van der Waals surface area (Å²) in [5.41, 5.74) is 14.4. The van der Waals surface area contributed by atoms with Crippen LogP contribution in [-0.4, -0.2) is 15.9 Å². The van der Waals surface area contributed by atoms with Crippen LogP contribution >= 0.6 is 11.8 Å². The molecule has 0 saturated carbocycles. The van der Waals surface area contributed by atoms with Crippen LogP contribution in [0, 0.1) is 5.92 Å². The van der Waals surface area contributed by atoms with Crippen LogP contribution in [0.2, 0.25) is 0 Å². The number of nitrogens with zero attached hydrogens (tertiary/aromatic N) is 1. The van der Waals surface area contributed by atoms with E-state index >= 15 is 0 Å². The Labute approximate surface area is 333 Å². The maximum atomic E-state index is 4.02. The highest BCUT2D eigenvalue weighted by Gasteiger charge is 2.38. The summed E-state index contributed by atoms with van der Waals surface area (Å²) in [7, 11) is 0. The van der Waals surface area contributed by atoms with E-state index < -0.39 is 0 Å². The Morgan fingerprint density at radius 3 is 2.41 bits per heavy atom. The summed E-state index contributed by atoms with van der Waals surface area (Å²) in [5, 5.41) is 10.8. The van der Waals surface area contributed by atoms with Crippen molar-refractivity contribution >= 4 is 45.0 Å². The first kappa shape index (κ1) is 33.5. The molecular formula is C52H43N3S. The Morgan fingerprint density at radius 1 is 0.696 bits per heavy atom. The maximum Gasteiger partial charge on any atom is 0.104 e. The lowest BCUT2D eigenvalue weighted by atomic mass is 9.81. The first-order valence-corrected chi connectivity index (χ1v) is 21.0. The van der Waals surface area contributed by atoms with Gasteiger partial charge in [-0.1, -0.05) is 163 Å². The monoisotopic (exact) mass is 741 g/mol. The van der Waals surface area contributed by atoms with Gasteiger partial charge in [-0.2, -0.15) is 0 Å². The van der Waals surface area contributed by atoms with E-state index in [9.17, 15) is 0 Å². The van der Waals surface area contributed by atoms with E-state index in [1.165, 1.54) is 65.8 Å². The van der Waals surface area contributed by atoms with Gasteiger partial charge >= 0.3 is 0 Å². The zero-order valence-electron chi connectivity index (χ0n) is 31.2. The van der Waals surface area contributed by atoms with Crippen molar-refractivity contribution in [3.05, 3.63) is 210 Å². The van der Waals surface area contributed by atoms with Gasteiger partial charge in [-0.15, -0.1) is 11.8 Å². The molecule has 0 saturated heterocycles. The van der Waals surface area contributed by atoms with E-state index in [2.05, 4.69) is 197 Å². The molecule has 0 radical (unpaired) electrons. The summed E-state index contributed by atoms with van der Waals surface area (Å²) in [4.78, 5) is 1.40. The van der Waals surface area contributed by atoms with Gasteiger partial charge in [0.05, 0.1) is 22.3 Å². The van der Waals surface area contributed by atoms with Crippen molar-refractivity contribution < 1.29 is 0 Å². The van der Waals surface area contributed by atoms with Crippen LogP contribution in [0.5, 0.6) is 0 Å². The molecule has 3 aliphatic carbocycles. The van der Waals surface area contributed by atoms with E-state index in [0.717, 1.165) is 25.0 Å². The molecule has 5 aromatic carbocycles. The van der Waals surface area contributed by atoms with Gasteiger partial charge in [-0.25, -0.2) is 0 Å². The number of thioether (sulfide) groups is 1. The highest BCUT2D eigenvalue weighted by Crippen LogP contribution is 2.55. The van der Waals surface area contributed by atoms with Crippen molar-refractivity contribution in [2.75, 3.05) is 0 Å². The number of para-hydroxylation sites is 1. The fourth-order valence-corrected chi connectivity index (χ4v) is 11.3. The summed E-state index contributed by atoms with van der Waals surface area (Å²) in [6, 6.07) is 44.7. The molecule has 5 aliphatic rings. The van der Waals surface area contributed by atoms with Crippen molar-refractivity contribution in [2.45, 2.75) is 47.5 Å². The number of aromatic nitrogens is 1. The second-order valence-corrected chi connectivity index (χ2v) is 16.7. The normalized spacial score (nSPS) is 23.9. The van der Waals surface area contributed by atoms with Crippen LogP contribution in [-0.2, 0) is 0 Å². The Kier molecular flexibility index (Phi) is 8.41. The number of hydrogen-bond donors (Lipinski definition) is 2. The topological polar surface area (TPSA) is 29.0 Å². The third-order valence-corrected chi connectivity index (χ3v) is 13.8. The number of fused-ring (bicyclic) bond motifs is 6. The highest BCUT2D eigenvalue weighted by atomic mass is 32.2. The molecule has 56 heavy (non-hydrogen) atoms. The van der Waals surface area contributed by atoms with Crippen LogP contribution < -0.4 is 10.6 Å². The summed E-state index contributed by atoms with van der Waals surface area (Å²) >= 11 is 2.03. The molecule has 2 aliphatic heterocycles. The zero-order chi connectivity index (χ0) is 37.0. The standard InChI is InChI=1S/C52H43N3S/c1-4-16-34(17-5-1)38-22-10-11-23-40(38)46-33-45(53-52(54-46)36-20-8-3-9-21-36)37-30-31-42-41-24-12-13-28-47(41)55(49(42)32-37)48-29-15-27-44-43-26-14-25-39(50(43)56-51(44)48)35-18-6-2-7-19-35/h1-9,11-16,18-21,23-34,44,46,51-54H,10,17,22H2. The van der Waals surface area contributed by atoms with E-state index in [1.807, 2.05) is 11.8 Å². The molecule has 0 spiro atoms. The second-order valence-electron chi connectivity index (χ2n) is 15.5. The average molecular weight is 742 g/mol. The minimum absolute atomic E-state index is 0.0345. The Hall–Kier alpha value is -5.81. The van der Waals surface area contributed by atoms with E-state index in [4.69, 9.17) is 0 Å². The van der Waals surface area contributed by atoms with Crippen LogP contribution in [0.25, 0.3) is 44.3 Å². The van der Waals surface area contributed by atoms with Crippen molar-refractivity contribution in [3.63, 3.8) is 0 Å². The average Bonchev–Trinajstić information content (AvgIpc) is 3.83. The molecule has 2 N–H and O–H groups in total. The Morgan fingerprint density at radius 2 is 1.54 bits per heavy atom. The molecule has 4 heteroatoms. The van der Waals surface area contributed by atoms with E-state index in [-0.39, 0.29) is 17.5 Å². The van der Waals surface area contributed by atoms with E-state index in [0.29, 0.717) is 11.8 Å². The van der Waals surface area contributed by atoms with Crippen molar-refractivity contribution in [1.29, 1.82) is 0 Å². The lowest BCUT2D eigenvalue weighted by molar-refractivity contribution is 0.459.